The van der Waals surface area contributed by atoms with Crippen LogP contribution in [-0.4, -0.2) is 10.8 Å². The molecule has 2 rings (SSSR count). The molecule has 0 spiro atoms. The lowest BCUT2D eigenvalue weighted by atomic mass is 9.91. The maximum Gasteiger partial charge on any atom is 0.181 e. The minimum absolute atomic E-state index is 0.199. The van der Waals surface area contributed by atoms with Crippen molar-refractivity contribution < 1.29 is 4.79 Å². The molecule has 0 saturated carbocycles. The van der Waals surface area contributed by atoms with Crippen molar-refractivity contribution in [3.8, 4) is 0 Å². The van der Waals surface area contributed by atoms with Gasteiger partial charge in [0, 0.05) is 10.9 Å². The van der Waals surface area contributed by atoms with E-state index in [9.17, 15) is 4.79 Å². The Labute approximate surface area is 91.9 Å². The van der Waals surface area contributed by atoms with Crippen LogP contribution in [0, 0.1) is 13.8 Å². The van der Waals surface area contributed by atoms with E-state index in [0.29, 0.717) is 12.1 Å². The van der Waals surface area contributed by atoms with Crippen LogP contribution in [0.25, 0.3) is 0 Å². The molecule has 0 aromatic carbocycles. The van der Waals surface area contributed by atoms with Gasteiger partial charge >= 0.3 is 0 Å². The average Bonchev–Trinajstić information content (AvgIpc) is 2.17. The Bertz CT molecular complexity index is 412. The SMILES string of the molecule is Cc1nc2c(c(C)c1Br)CCCC2=O. The molecule has 1 aromatic heterocycles. The van der Waals surface area contributed by atoms with Crippen molar-refractivity contribution in [2.75, 3.05) is 0 Å². The van der Waals surface area contributed by atoms with Gasteiger partial charge in [-0.2, -0.15) is 0 Å². The molecule has 1 aromatic rings. The number of ketones is 1. The third-order valence-electron chi connectivity index (χ3n) is 2.76. The van der Waals surface area contributed by atoms with Crippen LogP contribution in [0.15, 0.2) is 4.47 Å². The molecule has 1 heterocycles. The predicted molar refractivity (Wildman–Crippen MR) is 58.7 cm³/mol. The zero-order valence-electron chi connectivity index (χ0n) is 8.35. The van der Waals surface area contributed by atoms with Gasteiger partial charge in [0.05, 0.1) is 5.69 Å². The summed E-state index contributed by atoms with van der Waals surface area (Å²) in [6.07, 6.45) is 2.60. The van der Waals surface area contributed by atoms with Crippen LogP contribution in [0.1, 0.15) is 40.2 Å². The fraction of sp³-hybridized carbons (Fsp3) is 0.455. The van der Waals surface area contributed by atoms with Gasteiger partial charge in [-0.05, 0) is 53.7 Å². The monoisotopic (exact) mass is 253 g/mol. The van der Waals surface area contributed by atoms with E-state index >= 15 is 0 Å². The van der Waals surface area contributed by atoms with Gasteiger partial charge in [-0.3, -0.25) is 4.79 Å². The van der Waals surface area contributed by atoms with Crippen molar-refractivity contribution in [2.45, 2.75) is 33.1 Å². The van der Waals surface area contributed by atoms with Crippen LogP contribution < -0.4 is 0 Å². The summed E-state index contributed by atoms with van der Waals surface area (Å²) in [7, 11) is 0. The molecular weight excluding hydrogens is 242 g/mol. The van der Waals surface area contributed by atoms with E-state index < -0.39 is 0 Å². The molecule has 0 amide bonds. The Morgan fingerprint density at radius 3 is 2.71 bits per heavy atom. The minimum Gasteiger partial charge on any atom is -0.292 e. The second kappa shape index (κ2) is 3.46. The van der Waals surface area contributed by atoms with Crippen LogP contribution in [0.5, 0.6) is 0 Å². The first-order chi connectivity index (χ1) is 6.61. The number of aromatic nitrogens is 1. The molecular formula is C11H12BrNO. The van der Waals surface area contributed by atoms with E-state index in [4.69, 9.17) is 0 Å². The number of hydrogen-bond donors (Lipinski definition) is 0. The van der Waals surface area contributed by atoms with Crippen LogP contribution in [-0.2, 0) is 6.42 Å². The third kappa shape index (κ3) is 1.40. The van der Waals surface area contributed by atoms with Gasteiger partial charge in [0.15, 0.2) is 5.78 Å². The van der Waals surface area contributed by atoms with Gasteiger partial charge < -0.3 is 0 Å². The second-order valence-electron chi connectivity index (χ2n) is 3.74. The molecule has 1 aliphatic rings. The standard InChI is InChI=1S/C11H12BrNO/c1-6-8-4-3-5-9(14)11(8)13-7(2)10(6)12/h3-5H2,1-2H3. The lowest BCUT2D eigenvalue weighted by molar-refractivity contribution is 0.0966. The molecule has 1 aliphatic carbocycles. The summed E-state index contributed by atoms with van der Waals surface area (Å²) in [5.41, 5.74) is 3.94. The molecule has 0 fully saturated rings. The maximum atomic E-state index is 11.6. The van der Waals surface area contributed by atoms with Crippen LogP contribution in [0.4, 0.5) is 0 Å². The first kappa shape index (κ1) is 9.84. The van der Waals surface area contributed by atoms with Crippen LogP contribution in [0.3, 0.4) is 0 Å². The van der Waals surface area contributed by atoms with E-state index in [1.807, 2.05) is 6.92 Å². The minimum atomic E-state index is 0.199. The lowest BCUT2D eigenvalue weighted by Gasteiger charge is -2.18. The number of pyridine rings is 1. The highest BCUT2D eigenvalue weighted by atomic mass is 79.9. The largest absolute Gasteiger partial charge is 0.292 e. The van der Waals surface area contributed by atoms with Gasteiger partial charge in [0.2, 0.25) is 0 Å². The number of fused-ring (bicyclic) bond motifs is 1. The molecule has 14 heavy (non-hydrogen) atoms. The molecule has 0 atom stereocenters. The normalized spacial score (nSPS) is 15.5. The quantitative estimate of drug-likeness (QED) is 0.712. The van der Waals surface area contributed by atoms with Crippen molar-refractivity contribution in [1.82, 2.24) is 4.98 Å². The van der Waals surface area contributed by atoms with Gasteiger partial charge in [-0.15, -0.1) is 0 Å². The number of nitrogens with zero attached hydrogens (tertiary/aromatic N) is 1. The molecule has 0 aliphatic heterocycles. The van der Waals surface area contributed by atoms with Crippen molar-refractivity contribution in [3.63, 3.8) is 0 Å². The Balaban J connectivity index is 2.69. The van der Waals surface area contributed by atoms with E-state index in [1.54, 1.807) is 0 Å². The summed E-state index contributed by atoms with van der Waals surface area (Å²) in [4.78, 5) is 16.0. The summed E-state index contributed by atoms with van der Waals surface area (Å²) in [5.74, 6) is 0.199. The zero-order valence-corrected chi connectivity index (χ0v) is 9.94. The summed E-state index contributed by atoms with van der Waals surface area (Å²) in [6.45, 7) is 3.98. The number of hydrogen-bond acceptors (Lipinski definition) is 2. The molecule has 0 N–H and O–H groups in total. The van der Waals surface area contributed by atoms with Gasteiger partial charge in [0.25, 0.3) is 0 Å². The van der Waals surface area contributed by atoms with Gasteiger partial charge in [-0.1, -0.05) is 0 Å². The highest BCUT2D eigenvalue weighted by Crippen LogP contribution is 2.29. The molecule has 0 bridgehead atoms. The highest BCUT2D eigenvalue weighted by molar-refractivity contribution is 9.10. The molecule has 0 radical (unpaired) electrons. The van der Waals surface area contributed by atoms with Crippen molar-refractivity contribution in [1.29, 1.82) is 0 Å². The average molecular weight is 254 g/mol. The topological polar surface area (TPSA) is 30.0 Å². The van der Waals surface area contributed by atoms with Gasteiger partial charge in [-0.25, -0.2) is 4.98 Å². The zero-order chi connectivity index (χ0) is 10.3. The number of halogens is 1. The maximum absolute atomic E-state index is 11.6. The highest BCUT2D eigenvalue weighted by Gasteiger charge is 2.22. The fourth-order valence-electron chi connectivity index (χ4n) is 1.95. The Kier molecular flexibility index (Phi) is 2.43. The Hall–Kier alpha value is -0.700. The van der Waals surface area contributed by atoms with Crippen molar-refractivity contribution in [2.24, 2.45) is 0 Å². The predicted octanol–water partition coefficient (Wildman–Crippen LogP) is 2.98. The molecule has 0 unspecified atom stereocenters. The summed E-state index contributed by atoms with van der Waals surface area (Å²) in [6, 6.07) is 0. The number of aryl methyl sites for hydroxylation is 1. The number of rotatable bonds is 0. The Morgan fingerprint density at radius 2 is 2.00 bits per heavy atom. The smallest absolute Gasteiger partial charge is 0.181 e. The number of carbonyl (C=O) groups excluding carboxylic acids is 1. The summed E-state index contributed by atoms with van der Waals surface area (Å²) in [5, 5.41) is 0. The fourth-order valence-corrected chi connectivity index (χ4v) is 2.27. The van der Waals surface area contributed by atoms with Crippen molar-refractivity contribution in [3.05, 3.63) is 27.0 Å². The lowest BCUT2D eigenvalue weighted by Crippen LogP contribution is -2.15. The first-order valence-electron chi connectivity index (χ1n) is 4.80. The molecule has 74 valence electrons. The third-order valence-corrected chi connectivity index (χ3v) is 3.93. The van der Waals surface area contributed by atoms with E-state index in [-0.39, 0.29) is 5.78 Å². The number of Topliss-reactive ketones (excluding diaryl/α,β-unsaturated/α-hetero) is 1. The van der Waals surface area contributed by atoms with Crippen LogP contribution >= 0.6 is 15.9 Å². The second-order valence-corrected chi connectivity index (χ2v) is 4.53. The van der Waals surface area contributed by atoms with E-state index in [0.717, 1.165) is 28.6 Å². The van der Waals surface area contributed by atoms with Gasteiger partial charge in [0.1, 0.15) is 5.69 Å². The molecule has 2 nitrogen and oxygen atoms in total. The molecule has 0 saturated heterocycles. The first-order valence-corrected chi connectivity index (χ1v) is 5.59. The summed E-state index contributed by atoms with van der Waals surface area (Å²) < 4.78 is 1.05. The van der Waals surface area contributed by atoms with Crippen LogP contribution in [0.2, 0.25) is 0 Å². The van der Waals surface area contributed by atoms with E-state index in [1.165, 1.54) is 5.56 Å². The molecule has 3 heteroatoms. The number of carbonyl (C=O) groups is 1. The van der Waals surface area contributed by atoms with Crippen molar-refractivity contribution >= 4 is 21.7 Å². The Morgan fingerprint density at radius 1 is 1.29 bits per heavy atom. The van der Waals surface area contributed by atoms with E-state index in [2.05, 4.69) is 27.8 Å². The summed E-state index contributed by atoms with van der Waals surface area (Å²) >= 11 is 3.50.